The smallest absolute Gasteiger partial charge is 0.119 e. The van der Waals surface area contributed by atoms with Crippen LogP contribution < -0.4 is 4.74 Å². The predicted octanol–water partition coefficient (Wildman–Crippen LogP) is 3.80. The van der Waals surface area contributed by atoms with Gasteiger partial charge in [-0.15, -0.1) is 17.0 Å². The molecule has 4 heteroatoms. The second-order valence-electron chi connectivity index (χ2n) is 5.93. The lowest BCUT2D eigenvalue weighted by molar-refractivity contribution is 0.0792. The van der Waals surface area contributed by atoms with Crippen LogP contribution in [0.5, 0.6) is 5.75 Å². The van der Waals surface area contributed by atoms with Crippen molar-refractivity contribution in [3.8, 4) is 5.75 Å². The van der Waals surface area contributed by atoms with Gasteiger partial charge in [-0.2, -0.15) is 0 Å². The lowest BCUT2D eigenvalue weighted by atomic mass is 10.1. The number of rotatable bonds is 5. The van der Waals surface area contributed by atoms with Crippen LogP contribution in [0, 0.1) is 0 Å². The van der Waals surface area contributed by atoms with E-state index >= 15 is 0 Å². The van der Waals surface area contributed by atoms with E-state index in [1.807, 2.05) is 30.3 Å². The molecule has 3 nitrogen and oxygen atoms in total. The number of aliphatic hydroxyl groups excluding tert-OH is 1. The van der Waals surface area contributed by atoms with Crippen molar-refractivity contribution in [1.29, 1.82) is 0 Å². The molecule has 1 saturated heterocycles. The molecular weight excluding hydrogens is 354 g/mol. The maximum Gasteiger partial charge on any atom is 0.119 e. The molecule has 0 atom stereocenters. The van der Waals surface area contributed by atoms with E-state index < -0.39 is 0 Å². The first-order valence-corrected chi connectivity index (χ1v) is 7.96. The van der Waals surface area contributed by atoms with Gasteiger partial charge < -0.3 is 9.84 Å². The number of aliphatic hydroxyl groups is 1. The van der Waals surface area contributed by atoms with Crippen molar-refractivity contribution < 1.29 is 9.84 Å². The zero-order chi connectivity index (χ0) is 15.2. The Morgan fingerprint density at radius 1 is 0.913 bits per heavy atom. The van der Waals surface area contributed by atoms with E-state index in [2.05, 4.69) is 29.2 Å². The highest BCUT2D eigenvalue weighted by molar-refractivity contribution is 8.93. The van der Waals surface area contributed by atoms with Gasteiger partial charge in [0, 0.05) is 19.6 Å². The Bertz CT molecular complexity index is 566. The third kappa shape index (κ3) is 5.65. The van der Waals surface area contributed by atoms with Crippen LogP contribution >= 0.6 is 17.0 Å². The molecule has 2 aromatic carbocycles. The van der Waals surface area contributed by atoms with Crippen LogP contribution in [0.2, 0.25) is 0 Å². The topological polar surface area (TPSA) is 32.7 Å². The maximum absolute atomic E-state index is 9.54. The quantitative estimate of drug-likeness (QED) is 0.859. The van der Waals surface area contributed by atoms with Crippen LogP contribution in [0.1, 0.15) is 24.0 Å². The van der Waals surface area contributed by atoms with Gasteiger partial charge in [0.25, 0.3) is 0 Å². The van der Waals surface area contributed by atoms with Crippen LogP contribution in [-0.2, 0) is 13.2 Å². The first kappa shape index (κ1) is 18.0. The Morgan fingerprint density at radius 2 is 1.52 bits per heavy atom. The fourth-order valence-corrected chi connectivity index (χ4v) is 2.76. The molecular formula is C19H24BrNO2. The van der Waals surface area contributed by atoms with Crippen molar-refractivity contribution in [3.63, 3.8) is 0 Å². The second kappa shape index (κ2) is 9.06. The van der Waals surface area contributed by atoms with Crippen molar-refractivity contribution >= 4 is 17.0 Å². The number of hydrogen-bond donors (Lipinski definition) is 1. The van der Waals surface area contributed by atoms with Crippen LogP contribution in [0.4, 0.5) is 0 Å². The van der Waals surface area contributed by atoms with Gasteiger partial charge in [0.2, 0.25) is 0 Å². The number of hydrogen-bond acceptors (Lipinski definition) is 3. The number of nitrogens with zero attached hydrogens (tertiary/aromatic N) is 1. The van der Waals surface area contributed by atoms with Gasteiger partial charge in [-0.3, -0.25) is 4.90 Å². The molecule has 0 amide bonds. The fraction of sp³-hybridized carbons (Fsp3) is 0.368. The Balaban J connectivity index is 0.00000192. The zero-order valence-electron chi connectivity index (χ0n) is 13.2. The monoisotopic (exact) mass is 377 g/mol. The van der Waals surface area contributed by atoms with Crippen LogP contribution in [0.25, 0.3) is 0 Å². The summed E-state index contributed by atoms with van der Waals surface area (Å²) in [5.41, 5.74) is 2.50. The minimum atomic E-state index is -0.103. The van der Waals surface area contributed by atoms with E-state index in [0.29, 0.717) is 6.61 Å². The van der Waals surface area contributed by atoms with Crippen LogP contribution in [0.15, 0.2) is 54.6 Å². The molecule has 0 bridgehead atoms. The summed E-state index contributed by atoms with van der Waals surface area (Å²) in [6.07, 6.45) is 1.68. The van der Waals surface area contributed by atoms with Crippen molar-refractivity contribution in [1.82, 2.24) is 4.90 Å². The summed E-state index contributed by atoms with van der Waals surface area (Å²) < 4.78 is 5.76. The molecule has 0 unspecified atom stereocenters. The minimum absolute atomic E-state index is 0. The average molecular weight is 378 g/mol. The number of para-hydroxylation sites is 1. The number of likely N-dealkylation sites (tertiary alicyclic amines) is 1. The number of benzene rings is 2. The van der Waals surface area contributed by atoms with Gasteiger partial charge >= 0.3 is 0 Å². The van der Waals surface area contributed by atoms with E-state index in [1.54, 1.807) is 0 Å². The summed E-state index contributed by atoms with van der Waals surface area (Å²) in [5, 5.41) is 9.54. The van der Waals surface area contributed by atoms with E-state index in [4.69, 9.17) is 4.74 Å². The Kier molecular flexibility index (Phi) is 7.09. The molecule has 1 fully saturated rings. The van der Waals surface area contributed by atoms with Gasteiger partial charge in [0.1, 0.15) is 12.4 Å². The average Bonchev–Trinajstić information content (AvgIpc) is 2.57. The van der Waals surface area contributed by atoms with Gasteiger partial charge in [-0.05, 0) is 36.1 Å². The lowest BCUT2D eigenvalue weighted by Gasteiger charge is -2.29. The summed E-state index contributed by atoms with van der Waals surface area (Å²) in [4.78, 5) is 2.40. The highest BCUT2D eigenvalue weighted by Gasteiger charge is 2.16. The zero-order valence-corrected chi connectivity index (χ0v) is 14.9. The number of piperidine rings is 1. The molecule has 0 saturated carbocycles. The minimum Gasteiger partial charge on any atom is -0.489 e. The maximum atomic E-state index is 9.54. The standard InChI is InChI=1S/C19H23NO2.BrH/c21-18-10-12-20(13-11-18)14-16-6-8-17(9-7-16)15-22-19-4-2-1-3-5-19;/h1-9,18,21H,10-15H2;1H. The molecule has 0 radical (unpaired) electrons. The molecule has 23 heavy (non-hydrogen) atoms. The highest BCUT2D eigenvalue weighted by Crippen LogP contribution is 2.15. The molecule has 1 heterocycles. The first-order valence-electron chi connectivity index (χ1n) is 7.96. The second-order valence-corrected chi connectivity index (χ2v) is 5.93. The summed E-state index contributed by atoms with van der Waals surface area (Å²) in [7, 11) is 0. The Hall–Kier alpha value is -1.36. The van der Waals surface area contributed by atoms with Crippen molar-refractivity contribution in [3.05, 3.63) is 65.7 Å². The Morgan fingerprint density at radius 3 is 2.17 bits per heavy atom. The molecule has 124 valence electrons. The van der Waals surface area contributed by atoms with E-state index in [9.17, 15) is 5.11 Å². The van der Waals surface area contributed by atoms with Crippen LogP contribution in [-0.4, -0.2) is 29.2 Å². The van der Waals surface area contributed by atoms with Crippen molar-refractivity contribution in [2.45, 2.75) is 32.1 Å². The van der Waals surface area contributed by atoms with Crippen molar-refractivity contribution in [2.24, 2.45) is 0 Å². The largest absolute Gasteiger partial charge is 0.489 e. The van der Waals surface area contributed by atoms with Gasteiger partial charge in [0.15, 0.2) is 0 Å². The van der Waals surface area contributed by atoms with Gasteiger partial charge in [-0.1, -0.05) is 42.5 Å². The molecule has 3 rings (SSSR count). The number of ether oxygens (including phenoxy) is 1. The van der Waals surface area contributed by atoms with E-state index in [-0.39, 0.29) is 23.1 Å². The number of halogens is 1. The highest BCUT2D eigenvalue weighted by atomic mass is 79.9. The molecule has 1 aliphatic heterocycles. The molecule has 0 aromatic heterocycles. The molecule has 1 aliphatic rings. The molecule has 1 N–H and O–H groups in total. The van der Waals surface area contributed by atoms with E-state index in [0.717, 1.165) is 38.2 Å². The summed E-state index contributed by atoms with van der Waals surface area (Å²) >= 11 is 0. The van der Waals surface area contributed by atoms with E-state index in [1.165, 1.54) is 11.1 Å². The Labute approximate surface area is 148 Å². The fourth-order valence-electron chi connectivity index (χ4n) is 2.76. The third-order valence-corrected chi connectivity index (χ3v) is 4.13. The van der Waals surface area contributed by atoms with Gasteiger partial charge in [0.05, 0.1) is 6.10 Å². The van der Waals surface area contributed by atoms with Crippen LogP contribution in [0.3, 0.4) is 0 Å². The summed E-state index contributed by atoms with van der Waals surface area (Å²) in [6, 6.07) is 18.5. The van der Waals surface area contributed by atoms with Gasteiger partial charge in [-0.25, -0.2) is 0 Å². The van der Waals surface area contributed by atoms with Crippen molar-refractivity contribution in [2.75, 3.05) is 13.1 Å². The molecule has 2 aromatic rings. The third-order valence-electron chi connectivity index (χ3n) is 4.13. The predicted molar refractivity (Wildman–Crippen MR) is 98.1 cm³/mol. The molecule has 0 aliphatic carbocycles. The summed E-state index contributed by atoms with van der Waals surface area (Å²) in [5.74, 6) is 0.901. The lowest BCUT2D eigenvalue weighted by Crippen LogP contribution is -2.35. The summed E-state index contributed by atoms with van der Waals surface area (Å²) in [6.45, 7) is 3.53. The molecule has 0 spiro atoms. The normalized spacial score (nSPS) is 15.9. The SMILES string of the molecule is Br.OC1CCN(Cc2ccc(COc3ccccc3)cc2)CC1. The first-order chi connectivity index (χ1) is 10.8.